The predicted octanol–water partition coefficient (Wildman–Crippen LogP) is 1.83. The van der Waals surface area contributed by atoms with Crippen LogP contribution in [0.15, 0.2) is 34.8 Å². The van der Waals surface area contributed by atoms with E-state index in [0.717, 1.165) is 24.5 Å². The van der Waals surface area contributed by atoms with Crippen molar-refractivity contribution in [2.75, 3.05) is 0 Å². The highest BCUT2D eigenvalue weighted by Gasteiger charge is 2.27. The van der Waals surface area contributed by atoms with Crippen molar-refractivity contribution in [3.63, 3.8) is 0 Å². The Morgan fingerprint density at radius 2 is 2.10 bits per heavy atom. The number of allylic oxidation sites excluding steroid dienone is 3. The summed E-state index contributed by atoms with van der Waals surface area (Å²) < 4.78 is 0. The quantitative estimate of drug-likeness (QED) is 0.467. The molecule has 5 heteroatoms. The topological polar surface area (TPSA) is 98.0 Å². The van der Waals surface area contributed by atoms with E-state index in [9.17, 15) is 25.2 Å². The molecule has 0 heterocycles. The minimum absolute atomic E-state index is 0.0565. The lowest BCUT2D eigenvalue weighted by atomic mass is 9.91. The van der Waals surface area contributed by atoms with Crippen molar-refractivity contribution in [3.8, 4) is 0 Å². The van der Waals surface area contributed by atoms with Crippen molar-refractivity contribution in [1.82, 2.24) is 0 Å². The molecule has 0 fully saturated rings. The Morgan fingerprint density at radius 3 is 2.70 bits per heavy atom. The fourth-order valence-electron chi connectivity index (χ4n) is 2.61. The first-order valence-electron chi connectivity index (χ1n) is 6.87. The average Bonchev–Trinajstić information content (AvgIpc) is 2.37. The number of ketones is 1. The van der Waals surface area contributed by atoms with E-state index in [0.29, 0.717) is 19.3 Å². The van der Waals surface area contributed by atoms with Crippen molar-refractivity contribution < 1.29 is 25.2 Å². The van der Waals surface area contributed by atoms with E-state index < -0.39 is 6.10 Å². The standard InChI is InChI=1S/C15H20O5/c16-10-4-1-9(2-5-10)3-6-12(18)15-13(19)7-11(17)8-14(15)20/h1,7,10,14,16,18-20H,2-6,8H2/t10-,14+/m1/s1. The summed E-state index contributed by atoms with van der Waals surface area (Å²) in [7, 11) is 0. The minimum Gasteiger partial charge on any atom is -0.512 e. The van der Waals surface area contributed by atoms with Gasteiger partial charge in [-0.1, -0.05) is 11.6 Å². The van der Waals surface area contributed by atoms with Gasteiger partial charge in [-0.05, 0) is 25.7 Å². The van der Waals surface area contributed by atoms with Gasteiger partial charge in [-0.25, -0.2) is 0 Å². The SMILES string of the molecule is O=C1C=C(O)C(=C(O)CCC2=CC[C@@H](O)CC2)[C@@H](O)C1. The summed E-state index contributed by atoms with van der Waals surface area (Å²) in [6.45, 7) is 0. The lowest BCUT2D eigenvalue weighted by Crippen LogP contribution is -2.23. The Kier molecular flexibility index (Phi) is 4.62. The van der Waals surface area contributed by atoms with Crippen LogP contribution in [0.3, 0.4) is 0 Å². The highest BCUT2D eigenvalue weighted by molar-refractivity contribution is 5.93. The number of hydrogen-bond acceptors (Lipinski definition) is 5. The summed E-state index contributed by atoms with van der Waals surface area (Å²) in [5, 5.41) is 38.8. The highest BCUT2D eigenvalue weighted by Crippen LogP contribution is 2.28. The zero-order valence-corrected chi connectivity index (χ0v) is 11.2. The van der Waals surface area contributed by atoms with Crippen molar-refractivity contribution in [2.45, 2.75) is 50.7 Å². The monoisotopic (exact) mass is 280 g/mol. The number of hydrogen-bond donors (Lipinski definition) is 4. The second kappa shape index (κ2) is 6.24. The predicted molar refractivity (Wildman–Crippen MR) is 73.2 cm³/mol. The van der Waals surface area contributed by atoms with Crippen LogP contribution in [-0.2, 0) is 4.79 Å². The van der Waals surface area contributed by atoms with Gasteiger partial charge in [-0.3, -0.25) is 4.79 Å². The molecule has 0 bridgehead atoms. The van der Waals surface area contributed by atoms with E-state index in [1.807, 2.05) is 6.08 Å². The maximum absolute atomic E-state index is 11.2. The second-order valence-electron chi connectivity index (χ2n) is 5.37. The molecule has 20 heavy (non-hydrogen) atoms. The molecule has 0 radical (unpaired) electrons. The average molecular weight is 280 g/mol. The molecule has 0 spiro atoms. The van der Waals surface area contributed by atoms with Gasteiger partial charge in [-0.2, -0.15) is 0 Å². The number of carbonyl (C=O) groups is 1. The lowest BCUT2D eigenvalue weighted by molar-refractivity contribution is -0.116. The molecular formula is C15H20O5. The molecule has 5 nitrogen and oxygen atoms in total. The van der Waals surface area contributed by atoms with Crippen molar-refractivity contribution in [1.29, 1.82) is 0 Å². The fourth-order valence-corrected chi connectivity index (χ4v) is 2.61. The smallest absolute Gasteiger partial charge is 0.162 e. The van der Waals surface area contributed by atoms with Gasteiger partial charge in [0.1, 0.15) is 11.5 Å². The normalized spacial score (nSPS) is 29.8. The maximum Gasteiger partial charge on any atom is 0.162 e. The molecular weight excluding hydrogens is 260 g/mol. The molecule has 0 aliphatic heterocycles. The summed E-state index contributed by atoms with van der Waals surface area (Å²) in [6, 6.07) is 0. The van der Waals surface area contributed by atoms with Crippen LogP contribution < -0.4 is 0 Å². The third kappa shape index (κ3) is 3.49. The van der Waals surface area contributed by atoms with Crippen molar-refractivity contribution in [2.24, 2.45) is 0 Å². The molecule has 0 saturated heterocycles. The van der Waals surface area contributed by atoms with E-state index in [1.165, 1.54) is 0 Å². The zero-order valence-electron chi connectivity index (χ0n) is 11.2. The summed E-state index contributed by atoms with van der Waals surface area (Å²) in [6.07, 6.45) is 4.57. The van der Waals surface area contributed by atoms with Crippen LogP contribution in [0.2, 0.25) is 0 Å². The van der Waals surface area contributed by atoms with Gasteiger partial charge in [0, 0.05) is 18.9 Å². The molecule has 110 valence electrons. The third-order valence-corrected chi connectivity index (χ3v) is 3.77. The molecule has 2 aliphatic rings. The van der Waals surface area contributed by atoms with Crippen LogP contribution in [0.5, 0.6) is 0 Å². The molecule has 0 aromatic rings. The molecule has 0 amide bonds. The molecule has 0 unspecified atom stereocenters. The maximum atomic E-state index is 11.2. The van der Waals surface area contributed by atoms with Gasteiger partial charge in [0.05, 0.1) is 17.8 Å². The van der Waals surface area contributed by atoms with Crippen LogP contribution >= 0.6 is 0 Å². The number of aliphatic hydroxyl groups excluding tert-OH is 4. The number of rotatable bonds is 3. The van der Waals surface area contributed by atoms with Crippen LogP contribution in [0, 0.1) is 0 Å². The summed E-state index contributed by atoms with van der Waals surface area (Å²) >= 11 is 0. The largest absolute Gasteiger partial charge is 0.512 e. The Hall–Kier alpha value is -1.59. The Labute approximate surface area is 117 Å². The molecule has 2 rings (SSSR count). The molecule has 0 saturated carbocycles. The van der Waals surface area contributed by atoms with Gasteiger partial charge in [0.25, 0.3) is 0 Å². The fraction of sp³-hybridized carbons (Fsp3) is 0.533. The van der Waals surface area contributed by atoms with E-state index in [2.05, 4.69) is 0 Å². The Morgan fingerprint density at radius 1 is 1.35 bits per heavy atom. The summed E-state index contributed by atoms with van der Waals surface area (Å²) in [5.41, 5.74) is 1.22. The van der Waals surface area contributed by atoms with Gasteiger partial charge in [0.2, 0.25) is 0 Å². The first kappa shape index (κ1) is 14.8. The molecule has 2 aliphatic carbocycles. The molecule has 2 atom stereocenters. The minimum atomic E-state index is -1.14. The first-order chi connectivity index (χ1) is 9.47. The van der Waals surface area contributed by atoms with E-state index in [1.54, 1.807) is 0 Å². The molecule has 4 N–H and O–H groups in total. The van der Waals surface area contributed by atoms with Gasteiger partial charge >= 0.3 is 0 Å². The Balaban J connectivity index is 2.03. The molecule has 0 aromatic carbocycles. The van der Waals surface area contributed by atoms with Crippen molar-refractivity contribution in [3.05, 3.63) is 34.8 Å². The Bertz CT molecular complexity index is 486. The number of carbonyl (C=O) groups excluding carboxylic acids is 1. The van der Waals surface area contributed by atoms with E-state index in [4.69, 9.17) is 0 Å². The van der Waals surface area contributed by atoms with E-state index in [-0.39, 0.29) is 35.4 Å². The summed E-state index contributed by atoms with van der Waals surface area (Å²) in [5.74, 6) is -0.777. The zero-order chi connectivity index (χ0) is 14.7. The molecule has 0 aromatic heterocycles. The second-order valence-corrected chi connectivity index (χ2v) is 5.37. The lowest BCUT2D eigenvalue weighted by Gasteiger charge is -2.21. The van der Waals surface area contributed by atoms with Crippen molar-refractivity contribution >= 4 is 5.78 Å². The van der Waals surface area contributed by atoms with Gasteiger partial charge in [-0.15, -0.1) is 0 Å². The third-order valence-electron chi connectivity index (χ3n) is 3.77. The van der Waals surface area contributed by atoms with Crippen LogP contribution in [0.4, 0.5) is 0 Å². The van der Waals surface area contributed by atoms with Crippen LogP contribution in [0.1, 0.15) is 38.5 Å². The highest BCUT2D eigenvalue weighted by atomic mass is 16.3. The van der Waals surface area contributed by atoms with Crippen LogP contribution in [0.25, 0.3) is 0 Å². The van der Waals surface area contributed by atoms with E-state index >= 15 is 0 Å². The number of aliphatic hydroxyl groups is 4. The van der Waals surface area contributed by atoms with Gasteiger partial charge in [0.15, 0.2) is 5.78 Å². The van der Waals surface area contributed by atoms with Crippen LogP contribution in [-0.4, -0.2) is 38.4 Å². The summed E-state index contributed by atoms with van der Waals surface area (Å²) in [4.78, 5) is 11.2. The van der Waals surface area contributed by atoms with Gasteiger partial charge < -0.3 is 20.4 Å². The first-order valence-corrected chi connectivity index (χ1v) is 6.87.